The van der Waals surface area contributed by atoms with Gasteiger partial charge < -0.3 is 14.8 Å². The van der Waals surface area contributed by atoms with Crippen LogP contribution in [0.4, 0.5) is 0 Å². The van der Waals surface area contributed by atoms with Gasteiger partial charge in [-0.2, -0.15) is 0 Å². The van der Waals surface area contributed by atoms with E-state index in [1.54, 1.807) is 50.0 Å². The molecule has 0 aliphatic rings. The fourth-order valence-electron chi connectivity index (χ4n) is 2.19. The molecule has 0 saturated carbocycles. The SMILES string of the molecule is COc1ccc(CNC(=O)c2cccnc2Oc2cccnc2)cc1. The lowest BCUT2D eigenvalue weighted by Crippen LogP contribution is -2.23. The third-order valence-electron chi connectivity index (χ3n) is 3.48. The van der Waals surface area contributed by atoms with Gasteiger partial charge in [-0.1, -0.05) is 12.1 Å². The molecule has 126 valence electrons. The van der Waals surface area contributed by atoms with E-state index in [9.17, 15) is 4.79 Å². The summed E-state index contributed by atoms with van der Waals surface area (Å²) < 4.78 is 10.8. The molecule has 3 aromatic rings. The molecule has 0 aliphatic carbocycles. The molecule has 0 atom stereocenters. The van der Waals surface area contributed by atoms with E-state index in [0.717, 1.165) is 11.3 Å². The molecule has 6 nitrogen and oxygen atoms in total. The Morgan fingerprint density at radius 1 is 1.04 bits per heavy atom. The van der Waals surface area contributed by atoms with Gasteiger partial charge in [0.2, 0.25) is 5.88 Å². The fraction of sp³-hybridized carbons (Fsp3) is 0.105. The van der Waals surface area contributed by atoms with E-state index in [1.165, 1.54) is 0 Å². The number of hydrogen-bond donors (Lipinski definition) is 1. The summed E-state index contributed by atoms with van der Waals surface area (Å²) in [4.78, 5) is 20.6. The maximum absolute atomic E-state index is 12.5. The highest BCUT2D eigenvalue weighted by atomic mass is 16.5. The van der Waals surface area contributed by atoms with Crippen LogP contribution in [-0.2, 0) is 6.54 Å². The zero-order chi connectivity index (χ0) is 17.5. The first-order valence-corrected chi connectivity index (χ1v) is 7.70. The molecule has 1 amide bonds. The number of rotatable bonds is 6. The second-order valence-electron chi connectivity index (χ2n) is 5.18. The van der Waals surface area contributed by atoms with Gasteiger partial charge in [0.1, 0.15) is 17.1 Å². The second kappa shape index (κ2) is 7.92. The first kappa shape index (κ1) is 16.4. The van der Waals surface area contributed by atoms with Gasteiger partial charge in [-0.15, -0.1) is 0 Å². The summed E-state index contributed by atoms with van der Waals surface area (Å²) in [6.07, 6.45) is 4.79. The monoisotopic (exact) mass is 335 g/mol. The quantitative estimate of drug-likeness (QED) is 0.749. The van der Waals surface area contributed by atoms with E-state index in [-0.39, 0.29) is 11.8 Å². The van der Waals surface area contributed by atoms with Crippen molar-refractivity contribution in [3.63, 3.8) is 0 Å². The number of hydrogen-bond acceptors (Lipinski definition) is 5. The summed E-state index contributed by atoms with van der Waals surface area (Å²) in [7, 11) is 1.61. The summed E-state index contributed by atoms with van der Waals surface area (Å²) in [6, 6.07) is 14.4. The zero-order valence-corrected chi connectivity index (χ0v) is 13.7. The van der Waals surface area contributed by atoms with Gasteiger partial charge >= 0.3 is 0 Å². The van der Waals surface area contributed by atoms with Crippen LogP contribution in [0.3, 0.4) is 0 Å². The minimum absolute atomic E-state index is 0.239. The number of benzene rings is 1. The lowest BCUT2D eigenvalue weighted by molar-refractivity contribution is 0.0948. The van der Waals surface area contributed by atoms with Crippen molar-refractivity contribution in [2.24, 2.45) is 0 Å². The largest absolute Gasteiger partial charge is 0.497 e. The van der Waals surface area contributed by atoms with Crippen LogP contribution in [0.2, 0.25) is 0 Å². The third-order valence-corrected chi connectivity index (χ3v) is 3.48. The lowest BCUT2D eigenvalue weighted by Gasteiger charge is -2.10. The second-order valence-corrected chi connectivity index (χ2v) is 5.18. The lowest BCUT2D eigenvalue weighted by atomic mass is 10.2. The molecule has 0 spiro atoms. The highest BCUT2D eigenvalue weighted by Crippen LogP contribution is 2.22. The molecule has 25 heavy (non-hydrogen) atoms. The van der Waals surface area contributed by atoms with Gasteiger partial charge in [-0.25, -0.2) is 4.98 Å². The van der Waals surface area contributed by atoms with E-state index < -0.39 is 0 Å². The molecule has 0 unspecified atom stereocenters. The van der Waals surface area contributed by atoms with Crippen LogP contribution in [0.5, 0.6) is 17.4 Å². The standard InChI is InChI=1S/C19H17N3O3/c1-24-15-8-6-14(7-9-15)12-22-18(23)17-5-3-11-21-19(17)25-16-4-2-10-20-13-16/h2-11,13H,12H2,1H3,(H,22,23). The van der Waals surface area contributed by atoms with Gasteiger partial charge in [0, 0.05) is 18.9 Å². The smallest absolute Gasteiger partial charge is 0.257 e. The molecule has 3 rings (SSSR count). The van der Waals surface area contributed by atoms with Crippen molar-refractivity contribution in [3.8, 4) is 17.4 Å². The van der Waals surface area contributed by atoms with E-state index in [1.807, 2.05) is 24.3 Å². The Balaban J connectivity index is 1.69. The van der Waals surface area contributed by atoms with Crippen molar-refractivity contribution in [1.82, 2.24) is 15.3 Å². The average molecular weight is 335 g/mol. The molecule has 0 saturated heterocycles. The van der Waals surface area contributed by atoms with Gasteiger partial charge in [0.15, 0.2) is 0 Å². The molecule has 0 fully saturated rings. The predicted octanol–water partition coefficient (Wildman–Crippen LogP) is 3.21. The van der Waals surface area contributed by atoms with E-state index in [0.29, 0.717) is 17.9 Å². The van der Waals surface area contributed by atoms with E-state index in [2.05, 4.69) is 15.3 Å². The third kappa shape index (κ3) is 4.32. The summed E-state index contributed by atoms with van der Waals surface area (Å²) >= 11 is 0. The Morgan fingerprint density at radius 2 is 1.84 bits per heavy atom. The van der Waals surface area contributed by atoms with Crippen molar-refractivity contribution in [2.45, 2.75) is 6.54 Å². The van der Waals surface area contributed by atoms with Crippen LogP contribution in [0.15, 0.2) is 67.1 Å². The first-order chi connectivity index (χ1) is 12.3. The number of nitrogens with one attached hydrogen (secondary N) is 1. The molecule has 1 N–H and O–H groups in total. The molecule has 0 radical (unpaired) electrons. The van der Waals surface area contributed by atoms with Crippen molar-refractivity contribution in [1.29, 1.82) is 0 Å². The highest BCUT2D eigenvalue weighted by Gasteiger charge is 2.14. The van der Waals surface area contributed by atoms with Crippen LogP contribution in [0, 0.1) is 0 Å². The Bertz CT molecular complexity index is 836. The fourth-order valence-corrected chi connectivity index (χ4v) is 2.19. The minimum atomic E-state index is -0.261. The van der Waals surface area contributed by atoms with Crippen LogP contribution in [0.25, 0.3) is 0 Å². The minimum Gasteiger partial charge on any atom is -0.497 e. The molecule has 0 bridgehead atoms. The van der Waals surface area contributed by atoms with E-state index >= 15 is 0 Å². The van der Waals surface area contributed by atoms with Gasteiger partial charge in [-0.05, 0) is 42.0 Å². The topological polar surface area (TPSA) is 73.3 Å². The molecular formula is C19H17N3O3. The number of amides is 1. The molecular weight excluding hydrogens is 318 g/mol. The van der Waals surface area contributed by atoms with Crippen molar-refractivity contribution in [3.05, 3.63) is 78.2 Å². The Morgan fingerprint density at radius 3 is 2.56 bits per heavy atom. The Kier molecular flexibility index (Phi) is 5.21. The zero-order valence-electron chi connectivity index (χ0n) is 13.7. The summed E-state index contributed by atoms with van der Waals surface area (Å²) in [5.74, 6) is 1.27. The predicted molar refractivity (Wildman–Crippen MR) is 92.7 cm³/mol. The van der Waals surface area contributed by atoms with Gasteiger partial charge in [0.25, 0.3) is 5.91 Å². The summed E-state index contributed by atoms with van der Waals surface area (Å²) in [6.45, 7) is 0.393. The Hall–Kier alpha value is -3.41. The number of ether oxygens (including phenoxy) is 2. The van der Waals surface area contributed by atoms with Crippen LogP contribution in [0.1, 0.15) is 15.9 Å². The van der Waals surface area contributed by atoms with Crippen molar-refractivity contribution < 1.29 is 14.3 Å². The average Bonchev–Trinajstić information content (AvgIpc) is 2.68. The van der Waals surface area contributed by atoms with Crippen LogP contribution >= 0.6 is 0 Å². The first-order valence-electron chi connectivity index (χ1n) is 7.70. The normalized spacial score (nSPS) is 10.1. The molecule has 6 heteroatoms. The van der Waals surface area contributed by atoms with Crippen LogP contribution < -0.4 is 14.8 Å². The number of methoxy groups -OCH3 is 1. The molecule has 2 aromatic heterocycles. The Labute approximate surface area is 145 Å². The maximum atomic E-state index is 12.5. The van der Waals surface area contributed by atoms with Crippen molar-refractivity contribution in [2.75, 3.05) is 7.11 Å². The van der Waals surface area contributed by atoms with Gasteiger partial charge in [-0.3, -0.25) is 9.78 Å². The molecule has 2 heterocycles. The van der Waals surface area contributed by atoms with E-state index in [4.69, 9.17) is 9.47 Å². The summed E-state index contributed by atoms with van der Waals surface area (Å²) in [5.41, 5.74) is 1.33. The number of carbonyl (C=O) groups is 1. The number of aromatic nitrogens is 2. The highest BCUT2D eigenvalue weighted by molar-refractivity contribution is 5.96. The number of pyridine rings is 2. The van der Waals surface area contributed by atoms with Crippen molar-refractivity contribution >= 4 is 5.91 Å². The molecule has 0 aliphatic heterocycles. The molecule has 1 aromatic carbocycles. The number of nitrogens with zero attached hydrogens (tertiary/aromatic N) is 2. The van der Waals surface area contributed by atoms with Gasteiger partial charge in [0.05, 0.1) is 13.3 Å². The summed E-state index contributed by atoms with van der Waals surface area (Å²) in [5, 5.41) is 2.86. The van der Waals surface area contributed by atoms with Crippen LogP contribution in [-0.4, -0.2) is 23.0 Å². The number of carbonyl (C=O) groups excluding carboxylic acids is 1. The maximum Gasteiger partial charge on any atom is 0.257 e.